The third-order valence-electron chi connectivity index (χ3n) is 3.84. The lowest BCUT2D eigenvalue weighted by Crippen LogP contribution is -2.24. The molecule has 0 spiro atoms. The lowest BCUT2D eigenvalue weighted by molar-refractivity contribution is -0.143. The second-order valence-electron chi connectivity index (χ2n) is 6.03. The molecule has 31 heavy (non-hydrogen) atoms. The van der Waals surface area contributed by atoms with E-state index in [0.717, 1.165) is 0 Å². The molecule has 0 fully saturated rings. The number of anilines is 1. The molecule has 0 saturated carbocycles. The van der Waals surface area contributed by atoms with Crippen molar-refractivity contribution in [2.75, 3.05) is 33.3 Å². The van der Waals surface area contributed by atoms with Crippen LogP contribution < -0.4 is 25.0 Å². The van der Waals surface area contributed by atoms with Crippen molar-refractivity contribution in [1.82, 2.24) is 5.43 Å². The highest BCUT2D eigenvalue weighted by Crippen LogP contribution is 2.27. The molecule has 2 N–H and O–H groups in total. The summed E-state index contributed by atoms with van der Waals surface area (Å²) >= 11 is 0. The van der Waals surface area contributed by atoms with Crippen molar-refractivity contribution >= 4 is 29.7 Å². The fourth-order valence-corrected chi connectivity index (χ4v) is 2.35. The Kier molecular flexibility index (Phi) is 8.84. The van der Waals surface area contributed by atoms with Crippen LogP contribution in [0.2, 0.25) is 0 Å². The highest BCUT2D eigenvalue weighted by Gasteiger charge is 2.10. The SMILES string of the molecule is COC(=O)COc1ccc(C=NNC(=O)CC(=O)Nc2cccc(OC)c2)cc1OC. The lowest BCUT2D eigenvalue weighted by atomic mass is 10.2. The molecule has 2 amide bonds. The van der Waals surface area contributed by atoms with Gasteiger partial charge < -0.3 is 24.3 Å². The van der Waals surface area contributed by atoms with Gasteiger partial charge in [-0.3, -0.25) is 9.59 Å². The predicted octanol–water partition coefficient (Wildman–Crippen LogP) is 1.73. The Hall–Kier alpha value is -4.08. The van der Waals surface area contributed by atoms with Gasteiger partial charge >= 0.3 is 5.97 Å². The van der Waals surface area contributed by atoms with Crippen molar-refractivity contribution in [3.8, 4) is 17.2 Å². The van der Waals surface area contributed by atoms with E-state index >= 15 is 0 Å². The minimum Gasteiger partial charge on any atom is -0.497 e. The van der Waals surface area contributed by atoms with Crippen molar-refractivity contribution in [2.24, 2.45) is 5.10 Å². The Morgan fingerprint density at radius 3 is 2.48 bits per heavy atom. The van der Waals surface area contributed by atoms with Gasteiger partial charge in [0.2, 0.25) is 11.8 Å². The molecule has 0 heterocycles. The number of amides is 2. The number of nitrogens with zero attached hydrogens (tertiary/aromatic N) is 1. The second-order valence-corrected chi connectivity index (χ2v) is 6.03. The van der Waals surface area contributed by atoms with Crippen molar-refractivity contribution in [3.63, 3.8) is 0 Å². The van der Waals surface area contributed by atoms with Gasteiger partial charge in [0.1, 0.15) is 12.2 Å². The second kappa shape index (κ2) is 11.8. The number of nitrogens with one attached hydrogen (secondary N) is 2. The van der Waals surface area contributed by atoms with E-state index in [1.54, 1.807) is 42.5 Å². The molecule has 0 aromatic heterocycles. The standard InChI is InChI=1S/C21H23N3O7/c1-28-16-6-4-5-15(10-16)23-19(25)11-20(26)24-22-12-14-7-8-17(18(9-14)29-2)31-13-21(27)30-3/h4-10,12H,11,13H2,1-3H3,(H,23,25)(H,24,26). The molecule has 10 nitrogen and oxygen atoms in total. The molecule has 0 aliphatic rings. The topological polar surface area (TPSA) is 125 Å². The number of carbonyl (C=O) groups is 3. The minimum absolute atomic E-state index is 0.256. The molecule has 10 heteroatoms. The smallest absolute Gasteiger partial charge is 0.343 e. The fourth-order valence-electron chi connectivity index (χ4n) is 2.35. The highest BCUT2D eigenvalue weighted by atomic mass is 16.6. The molecule has 0 aliphatic heterocycles. The number of hydrogen-bond acceptors (Lipinski definition) is 8. The summed E-state index contributed by atoms with van der Waals surface area (Å²) in [7, 11) is 4.23. The summed E-state index contributed by atoms with van der Waals surface area (Å²) in [6.07, 6.45) is 0.975. The molecular formula is C21H23N3O7. The van der Waals surface area contributed by atoms with Crippen LogP contribution in [0.4, 0.5) is 5.69 Å². The molecular weight excluding hydrogens is 406 g/mol. The van der Waals surface area contributed by atoms with Gasteiger partial charge in [0.15, 0.2) is 18.1 Å². The van der Waals surface area contributed by atoms with Crippen LogP contribution in [-0.4, -0.2) is 51.9 Å². The Labute approximate surface area is 179 Å². The number of hydrazone groups is 1. The number of ether oxygens (including phenoxy) is 4. The van der Waals surface area contributed by atoms with E-state index < -0.39 is 24.2 Å². The van der Waals surface area contributed by atoms with Gasteiger partial charge in [-0.15, -0.1) is 0 Å². The first kappa shape index (κ1) is 23.2. The lowest BCUT2D eigenvalue weighted by Gasteiger charge is -2.10. The number of carbonyl (C=O) groups excluding carboxylic acids is 3. The number of esters is 1. The maximum Gasteiger partial charge on any atom is 0.343 e. The van der Waals surface area contributed by atoms with E-state index in [2.05, 4.69) is 20.6 Å². The Bertz CT molecular complexity index is 960. The maximum absolute atomic E-state index is 12.0. The molecule has 0 saturated heterocycles. The van der Waals surface area contributed by atoms with Crippen LogP contribution in [0.5, 0.6) is 17.2 Å². The summed E-state index contributed by atoms with van der Waals surface area (Å²) in [6, 6.07) is 11.6. The van der Waals surface area contributed by atoms with Gasteiger partial charge in [0.05, 0.1) is 27.5 Å². The van der Waals surface area contributed by atoms with Gasteiger partial charge in [-0.1, -0.05) is 6.07 Å². The Morgan fingerprint density at radius 2 is 1.77 bits per heavy atom. The van der Waals surface area contributed by atoms with Crippen molar-refractivity contribution in [1.29, 1.82) is 0 Å². The normalized spacial score (nSPS) is 10.3. The number of rotatable bonds is 10. The molecule has 0 unspecified atom stereocenters. The van der Waals surface area contributed by atoms with Crippen LogP contribution in [0.25, 0.3) is 0 Å². The van der Waals surface area contributed by atoms with Gasteiger partial charge in [-0.2, -0.15) is 5.10 Å². The average molecular weight is 429 g/mol. The summed E-state index contributed by atoms with van der Waals surface area (Å²) in [5.41, 5.74) is 3.40. The average Bonchev–Trinajstić information content (AvgIpc) is 2.77. The number of hydrogen-bond donors (Lipinski definition) is 2. The summed E-state index contributed by atoms with van der Waals surface area (Å²) in [4.78, 5) is 35.1. The van der Waals surface area contributed by atoms with Crippen LogP contribution in [0.15, 0.2) is 47.6 Å². The van der Waals surface area contributed by atoms with Gasteiger partial charge in [0.25, 0.3) is 0 Å². The first-order valence-corrected chi connectivity index (χ1v) is 9.08. The Morgan fingerprint density at radius 1 is 0.968 bits per heavy atom. The van der Waals surface area contributed by atoms with Crippen LogP contribution in [0.1, 0.15) is 12.0 Å². The van der Waals surface area contributed by atoms with E-state index in [9.17, 15) is 14.4 Å². The molecule has 0 radical (unpaired) electrons. The van der Waals surface area contributed by atoms with E-state index in [-0.39, 0.29) is 6.61 Å². The Balaban J connectivity index is 1.87. The third kappa shape index (κ3) is 7.69. The minimum atomic E-state index is -0.582. The van der Waals surface area contributed by atoms with Crippen molar-refractivity contribution in [3.05, 3.63) is 48.0 Å². The van der Waals surface area contributed by atoms with Crippen LogP contribution in [0.3, 0.4) is 0 Å². The quantitative estimate of drug-likeness (QED) is 0.255. The number of benzene rings is 2. The van der Waals surface area contributed by atoms with E-state index in [0.29, 0.717) is 28.5 Å². The zero-order valence-corrected chi connectivity index (χ0v) is 17.3. The van der Waals surface area contributed by atoms with Crippen LogP contribution in [-0.2, 0) is 19.1 Å². The molecule has 0 bridgehead atoms. The molecule has 2 aromatic carbocycles. The zero-order valence-electron chi connectivity index (χ0n) is 17.3. The zero-order chi connectivity index (χ0) is 22.6. The molecule has 2 aromatic rings. The molecule has 0 aliphatic carbocycles. The molecule has 164 valence electrons. The largest absolute Gasteiger partial charge is 0.497 e. The summed E-state index contributed by atoms with van der Waals surface area (Å²) in [5, 5.41) is 6.43. The van der Waals surface area contributed by atoms with Crippen molar-refractivity contribution in [2.45, 2.75) is 6.42 Å². The van der Waals surface area contributed by atoms with Crippen LogP contribution >= 0.6 is 0 Å². The fraction of sp³-hybridized carbons (Fsp3) is 0.238. The van der Waals surface area contributed by atoms with Gasteiger partial charge in [-0.25, -0.2) is 10.2 Å². The van der Waals surface area contributed by atoms with Gasteiger partial charge in [-0.05, 0) is 35.9 Å². The third-order valence-corrected chi connectivity index (χ3v) is 3.84. The van der Waals surface area contributed by atoms with E-state index in [1.807, 2.05) is 0 Å². The molecule has 0 atom stereocenters. The summed E-state index contributed by atoms with van der Waals surface area (Å²) in [5.74, 6) is -0.286. The molecule has 2 rings (SSSR count). The van der Waals surface area contributed by atoms with Gasteiger partial charge in [0, 0.05) is 11.8 Å². The van der Waals surface area contributed by atoms with Crippen molar-refractivity contribution < 1.29 is 33.3 Å². The predicted molar refractivity (Wildman–Crippen MR) is 112 cm³/mol. The van der Waals surface area contributed by atoms with E-state index in [4.69, 9.17) is 14.2 Å². The first-order chi connectivity index (χ1) is 14.9. The highest BCUT2D eigenvalue weighted by molar-refractivity contribution is 6.03. The summed E-state index contributed by atoms with van der Waals surface area (Å²) in [6.45, 7) is -0.256. The maximum atomic E-state index is 12.0. The first-order valence-electron chi connectivity index (χ1n) is 9.08. The monoisotopic (exact) mass is 429 g/mol. The summed E-state index contributed by atoms with van der Waals surface area (Å²) < 4.78 is 20.1. The number of methoxy groups -OCH3 is 3. The van der Waals surface area contributed by atoms with E-state index in [1.165, 1.54) is 27.5 Å². The van der Waals surface area contributed by atoms with Crippen LogP contribution in [0, 0.1) is 0 Å².